The lowest BCUT2D eigenvalue weighted by atomic mass is 9.92. The predicted octanol–water partition coefficient (Wildman–Crippen LogP) is 2.97. The number of carbonyl (C=O) groups excluding carboxylic acids is 1. The number of nitrogens with one attached hydrogen (secondary N) is 1. The summed E-state index contributed by atoms with van der Waals surface area (Å²) < 4.78 is 0. The molecular weight excluding hydrogens is 268 g/mol. The first-order chi connectivity index (χ1) is 9.54. The molecule has 1 amide bonds. The Bertz CT molecular complexity index is 504. The zero-order valence-electron chi connectivity index (χ0n) is 12.6. The van der Waals surface area contributed by atoms with Gasteiger partial charge >= 0.3 is 0 Å². The van der Waals surface area contributed by atoms with Crippen molar-refractivity contribution < 1.29 is 4.79 Å². The Labute approximate surface area is 125 Å². The molecule has 1 atom stereocenters. The van der Waals surface area contributed by atoms with Gasteiger partial charge in [0.05, 0.1) is 11.6 Å². The van der Waals surface area contributed by atoms with Crippen LogP contribution in [0.3, 0.4) is 0 Å². The van der Waals surface area contributed by atoms with E-state index >= 15 is 0 Å². The second-order valence-electron chi connectivity index (χ2n) is 6.49. The molecule has 1 aromatic heterocycles. The molecule has 0 spiro atoms. The van der Waals surface area contributed by atoms with Crippen molar-refractivity contribution in [2.24, 2.45) is 5.92 Å². The summed E-state index contributed by atoms with van der Waals surface area (Å²) >= 11 is 1.85. The van der Waals surface area contributed by atoms with Gasteiger partial charge in [-0.15, -0.1) is 11.3 Å². The zero-order valence-corrected chi connectivity index (χ0v) is 13.4. The minimum atomic E-state index is -0.463. The van der Waals surface area contributed by atoms with Gasteiger partial charge in [-0.2, -0.15) is 0 Å². The van der Waals surface area contributed by atoms with Crippen LogP contribution in [0.4, 0.5) is 0 Å². The van der Waals surface area contributed by atoms with Crippen molar-refractivity contribution in [2.45, 2.75) is 51.6 Å². The van der Waals surface area contributed by atoms with Crippen molar-refractivity contribution in [1.29, 1.82) is 0 Å². The normalized spacial score (nSPS) is 22.8. The van der Waals surface area contributed by atoms with Gasteiger partial charge in [0, 0.05) is 11.4 Å². The molecule has 1 fully saturated rings. The fourth-order valence-electron chi connectivity index (χ4n) is 3.37. The Kier molecular flexibility index (Phi) is 3.63. The molecule has 3 rings (SSSR count). The molecule has 2 aliphatic rings. The van der Waals surface area contributed by atoms with E-state index in [1.54, 1.807) is 0 Å². The Morgan fingerprint density at radius 1 is 1.50 bits per heavy atom. The van der Waals surface area contributed by atoms with Crippen molar-refractivity contribution in [3.63, 3.8) is 0 Å². The summed E-state index contributed by atoms with van der Waals surface area (Å²) in [6, 6.07) is 2.57. The Morgan fingerprint density at radius 3 is 2.90 bits per heavy atom. The fourth-order valence-corrected chi connectivity index (χ4v) is 4.28. The van der Waals surface area contributed by atoms with Crippen LogP contribution in [0.1, 0.15) is 50.1 Å². The van der Waals surface area contributed by atoms with Gasteiger partial charge < -0.3 is 10.2 Å². The quantitative estimate of drug-likeness (QED) is 0.925. The highest BCUT2D eigenvalue weighted by Gasteiger charge is 2.44. The topological polar surface area (TPSA) is 32.3 Å². The van der Waals surface area contributed by atoms with E-state index in [1.165, 1.54) is 23.3 Å². The molecular formula is C16H24N2OS. The second kappa shape index (κ2) is 5.15. The maximum absolute atomic E-state index is 13.0. The van der Waals surface area contributed by atoms with Crippen molar-refractivity contribution in [3.05, 3.63) is 21.9 Å². The van der Waals surface area contributed by atoms with Gasteiger partial charge in [0.25, 0.3) is 0 Å². The van der Waals surface area contributed by atoms with Gasteiger partial charge in [-0.3, -0.25) is 4.79 Å². The van der Waals surface area contributed by atoms with Crippen molar-refractivity contribution in [2.75, 3.05) is 13.1 Å². The van der Waals surface area contributed by atoms with Crippen LogP contribution in [-0.2, 0) is 11.2 Å². The van der Waals surface area contributed by atoms with E-state index in [0.717, 1.165) is 19.5 Å². The van der Waals surface area contributed by atoms with Gasteiger partial charge in [-0.25, -0.2) is 0 Å². The van der Waals surface area contributed by atoms with Gasteiger partial charge in [0.2, 0.25) is 5.91 Å². The summed E-state index contributed by atoms with van der Waals surface area (Å²) in [5, 5.41) is 5.51. The Hall–Kier alpha value is -0.870. The van der Waals surface area contributed by atoms with Crippen LogP contribution in [0, 0.1) is 5.92 Å². The molecule has 0 saturated heterocycles. The van der Waals surface area contributed by atoms with E-state index in [0.29, 0.717) is 12.0 Å². The Balaban J connectivity index is 1.88. The zero-order chi connectivity index (χ0) is 14.3. The van der Waals surface area contributed by atoms with Gasteiger partial charge in [-0.1, -0.05) is 6.92 Å². The first-order valence-electron chi connectivity index (χ1n) is 7.67. The number of fused-ring (bicyclic) bond motifs is 1. The highest BCUT2D eigenvalue weighted by Crippen LogP contribution is 2.48. The highest BCUT2D eigenvalue weighted by molar-refractivity contribution is 7.10. The average molecular weight is 292 g/mol. The number of hydrogen-bond donors (Lipinski definition) is 1. The summed E-state index contributed by atoms with van der Waals surface area (Å²) in [5.74, 6) is 0.943. The second-order valence-corrected chi connectivity index (χ2v) is 7.49. The number of nitrogens with zero attached hydrogens (tertiary/aromatic N) is 1. The first-order valence-corrected chi connectivity index (χ1v) is 8.55. The third kappa shape index (κ3) is 2.40. The van der Waals surface area contributed by atoms with Crippen molar-refractivity contribution in [3.8, 4) is 0 Å². The summed E-state index contributed by atoms with van der Waals surface area (Å²) in [6.07, 6.45) is 3.56. The summed E-state index contributed by atoms with van der Waals surface area (Å²) in [6.45, 7) is 7.77. The van der Waals surface area contributed by atoms with E-state index in [2.05, 4.69) is 28.6 Å². The molecule has 0 bridgehead atoms. The average Bonchev–Trinajstić information content (AvgIpc) is 3.13. The maximum Gasteiger partial charge on any atom is 0.242 e. The lowest BCUT2D eigenvalue weighted by Crippen LogP contribution is -2.56. The summed E-state index contributed by atoms with van der Waals surface area (Å²) in [4.78, 5) is 16.6. The van der Waals surface area contributed by atoms with Gasteiger partial charge in [0.1, 0.15) is 0 Å². The van der Waals surface area contributed by atoms with E-state index in [9.17, 15) is 4.79 Å². The third-order valence-corrected chi connectivity index (χ3v) is 5.49. The molecule has 0 aromatic carbocycles. The van der Waals surface area contributed by atoms with Crippen LogP contribution in [0.2, 0.25) is 0 Å². The van der Waals surface area contributed by atoms with Crippen LogP contribution < -0.4 is 5.32 Å². The lowest BCUT2D eigenvalue weighted by Gasteiger charge is -2.41. The molecule has 1 unspecified atom stereocenters. The molecule has 110 valence electrons. The molecule has 0 radical (unpaired) electrons. The molecule has 3 nitrogen and oxygen atoms in total. The number of amides is 1. The van der Waals surface area contributed by atoms with Crippen LogP contribution >= 0.6 is 11.3 Å². The number of carbonyl (C=O) groups is 1. The highest BCUT2D eigenvalue weighted by atomic mass is 32.1. The monoisotopic (exact) mass is 292 g/mol. The van der Waals surface area contributed by atoms with E-state index in [1.807, 2.05) is 25.2 Å². The predicted molar refractivity (Wildman–Crippen MR) is 83.0 cm³/mol. The first kappa shape index (κ1) is 14.1. The van der Waals surface area contributed by atoms with Crippen LogP contribution in [-0.4, -0.2) is 29.4 Å². The molecule has 4 heteroatoms. The van der Waals surface area contributed by atoms with E-state index < -0.39 is 5.54 Å². The molecule has 2 heterocycles. The van der Waals surface area contributed by atoms with Crippen molar-refractivity contribution >= 4 is 17.2 Å². The maximum atomic E-state index is 13.0. The van der Waals surface area contributed by atoms with Crippen LogP contribution in [0.5, 0.6) is 0 Å². The molecule has 1 saturated carbocycles. The smallest absolute Gasteiger partial charge is 0.242 e. The minimum absolute atomic E-state index is 0.258. The molecule has 1 aliphatic carbocycles. The number of hydrogen-bond acceptors (Lipinski definition) is 3. The number of likely N-dealkylation sites (N-methyl/N-ethyl adjacent to an activating group) is 1. The third-order valence-electron chi connectivity index (χ3n) is 4.50. The SMILES string of the molecule is CCNC(C)(C)C(=O)N1CCc2sccc2C1C1CC1. The number of thiophene rings is 1. The Morgan fingerprint density at radius 2 is 2.25 bits per heavy atom. The summed E-state index contributed by atoms with van der Waals surface area (Å²) in [5.41, 5.74) is 0.958. The van der Waals surface area contributed by atoms with Crippen LogP contribution in [0.15, 0.2) is 11.4 Å². The van der Waals surface area contributed by atoms with Crippen LogP contribution in [0.25, 0.3) is 0 Å². The number of rotatable bonds is 4. The van der Waals surface area contributed by atoms with Gasteiger partial charge in [0.15, 0.2) is 0 Å². The van der Waals surface area contributed by atoms with E-state index in [4.69, 9.17) is 0 Å². The largest absolute Gasteiger partial charge is 0.333 e. The lowest BCUT2D eigenvalue weighted by molar-refractivity contribution is -0.140. The molecule has 1 aromatic rings. The molecule has 1 N–H and O–H groups in total. The van der Waals surface area contributed by atoms with Crippen molar-refractivity contribution in [1.82, 2.24) is 10.2 Å². The molecule has 1 aliphatic heterocycles. The minimum Gasteiger partial charge on any atom is -0.333 e. The van der Waals surface area contributed by atoms with Gasteiger partial charge in [-0.05, 0) is 62.6 Å². The fraction of sp³-hybridized carbons (Fsp3) is 0.688. The standard InChI is InChI=1S/C16H24N2OS/c1-4-17-16(2,3)15(19)18-9-7-13-12(8-10-20-13)14(18)11-5-6-11/h8,10-11,14,17H,4-7,9H2,1-3H3. The summed E-state index contributed by atoms with van der Waals surface area (Å²) in [7, 11) is 0. The van der Waals surface area contributed by atoms with E-state index in [-0.39, 0.29) is 5.91 Å². The molecule has 20 heavy (non-hydrogen) atoms.